The Balaban J connectivity index is 2.11. The first-order valence-electron chi connectivity index (χ1n) is 9.52. The van der Waals surface area contributed by atoms with Crippen LogP contribution in [0.5, 0.6) is 0 Å². The Bertz CT molecular complexity index is 980. The van der Waals surface area contributed by atoms with Crippen molar-refractivity contribution in [3.63, 3.8) is 0 Å². The predicted octanol–water partition coefficient (Wildman–Crippen LogP) is 4.30. The normalized spacial score (nSPS) is 11.2. The van der Waals surface area contributed by atoms with E-state index in [1.165, 1.54) is 6.33 Å². The third-order valence-electron chi connectivity index (χ3n) is 4.90. The van der Waals surface area contributed by atoms with Crippen molar-refractivity contribution < 1.29 is 9.53 Å². The van der Waals surface area contributed by atoms with Crippen LogP contribution in [0.15, 0.2) is 97.3 Å². The van der Waals surface area contributed by atoms with Gasteiger partial charge >= 0.3 is 5.97 Å². The highest BCUT2D eigenvalue weighted by molar-refractivity contribution is 5.85. The fraction of sp³-hybridized carbons (Fsp3) is 0.125. The molecule has 29 heavy (non-hydrogen) atoms. The van der Waals surface area contributed by atoms with Crippen LogP contribution < -0.4 is 0 Å². The van der Waals surface area contributed by atoms with Crippen LogP contribution in [-0.4, -0.2) is 27.3 Å². The number of nitrogens with zero attached hydrogens (tertiary/aromatic N) is 3. The average Bonchev–Trinajstić information content (AvgIpc) is 3.27. The van der Waals surface area contributed by atoms with Gasteiger partial charge in [0.15, 0.2) is 0 Å². The van der Waals surface area contributed by atoms with Gasteiger partial charge in [0, 0.05) is 0 Å². The Morgan fingerprint density at radius 2 is 1.28 bits per heavy atom. The summed E-state index contributed by atoms with van der Waals surface area (Å²) in [5.41, 5.74) is 2.01. The van der Waals surface area contributed by atoms with Crippen LogP contribution in [0.25, 0.3) is 0 Å². The summed E-state index contributed by atoms with van der Waals surface area (Å²) in [6.45, 7) is 2.04. The van der Waals surface area contributed by atoms with Crippen molar-refractivity contribution in [1.29, 1.82) is 0 Å². The molecular formula is C24H21N3O2. The van der Waals surface area contributed by atoms with E-state index in [-0.39, 0.29) is 12.4 Å². The van der Waals surface area contributed by atoms with E-state index in [0.29, 0.717) is 0 Å². The van der Waals surface area contributed by atoms with E-state index in [1.807, 2.05) is 91.0 Å². The number of aromatic nitrogens is 3. The molecule has 0 saturated heterocycles. The molecule has 1 heterocycles. The first-order valence-corrected chi connectivity index (χ1v) is 9.52. The molecular weight excluding hydrogens is 362 g/mol. The van der Waals surface area contributed by atoms with Gasteiger partial charge in [0.05, 0.1) is 6.61 Å². The molecule has 0 unspecified atom stereocenters. The molecule has 0 spiro atoms. The molecule has 0 aliphatic heterocycles. The van der Waals surface area contributed by atoms with Crippen molar-refractivity contribution in [3.8, 4) is 0 Å². The van der Waals surface area contributed by atoms with Crippen LogP contribution in [0, 0.1) is 0 Å². The third kappa shape index (κ3) is 3.21. The van der Waals surface area contributed by atoms with Gasteiger partial charge in [-0.25, -0.2) is 14.5 Å². The summed E-state index contributed by atoms with van der Waals surface area (Å²) in [6, 6.07) is 30.0. The number of ether oxygens (including phenoxy) is 1. The Labute approximate surface area is 169 Å². The van der Waals surface area contributed by atoms with Gasteiger partial charge in [-0.15, -0.1) is 0 Å². The van der Waals surface area contributed by atoms with Gasteiger partial charge in [0.2, 0.25) is 5.82 Å². The smallest absolute Gasteiger partial charge is 0.376 e. The van der Waals surface area contributed by atoms with Crippen molar-refractivity contribution in [3.05, 3.63) is 120 Å². The number of carbonyl (C=O) groups is 1. The summed E-state index contributed by atoms with van der Waals surface area (Å²) in [7, 11) is 0. The average molecular weight is 383 g/mol. The molecule has 0 aliphatic carbocycles. The van der Waals surface area contributed by atoms with E-state index in [2.05, 4.69) is 10.1 Å². The minimum absolute atomic E-state index is 0.156. The lowest BCUT2D eigenvalue weighted by molar-refractivity contribution is 0.0500. The van der Waals surface area contributed by atoms with E-state index >= 15 is 0 Å². The minimum atomic E-state index is -0.887. The molecule has 0 fully saturated rings. The van der Waals surface area contributed by atoms with Gasteiger partial charge in [-0.2, -0.15) is 5.10 Å². The molecule has 4 rings (SSSR count). The maximum Gasteiger partial charge on any atom is 0.376 e. The van der Waals surface area contributed by atoms with Gasteiger partial charge in [-0.3, -0.25) is 0 Å². The zero-order valence-corrected chi connectivity index (χ0v) is 16.1. The molecule has 0 N–H and O–H groups in total. The topological polar surface area (TPSA) is 57.0 Å². The highest BCUT2D eigenvalue weighted by Gasteiger charge is 2.42. The lowest BCUT2D eigenvalue weighted by atomic mass is 9.77. The fourth-order valence-electron chi connectivity index (χ4n) is 3.73. The highest BCUT2D eigenvalue weighted by atomic mass is 16.5. The zero-order chi connectivity index (χ0) is 20.1. The van der Waals surface area contributed by atoms with E-state index < -0.39 is 11.5 Å². The van der Waals surface area contributed by atoms with Crippen molar-refractivity contribution in [2.24, 2.45) is 0 Å². The summed E-state index contributed by atoms with van der Waals surface area (Å²) >= 11 is 0. The highest BCUT2D eigenvalue weighted by Crippen LogP contribution is 2.40. The number of esters is 1. The van der Waals surface area contributed by atoms with Gasteiger partial charge < -0.3 is 4.74 Å². The first-order chi connectivity index (χ1) is 14.3. The second-order valence-electron chi connectivity index (χ2n) is 6.52. The van der Waals surface area contributed by atoms with Crippen molar-refractivity contribution in [1.82, 2.24) is 14.8 Å². The second kappa shape index (κ2) is 8.10. The Morgan fingerprint density at radius 3 is 1.69 bits per heavy atom. The number of hydrogen-bond acceptors (Lipinski definition) is 4. The summed E-state index contributed by atoms with van der Waals surface area (Å²) in [4.78, 5) is 17.0. The van der Waals surface area contributed by atoms with Gasteiger partial charge in [-0.05, 0) is 23.6 Å². The fourth-order valence-corrected chi connectivity index (χ4v) is 3.73. The molecule has 0 amide bonds. The van der Waals surface area contributed by atoms with Crippen LogP contribution in [-0.2, 0) is 10.3 Å². The number of benzene rings is 3. The van der Waals surface area contributed by atoms with Crippen LogP contribution >= 0.6 is 0 Å². The lowest BCUT2D eigenvalue weighted by Crippen LogP contribution is -2.40. The van der Waals surface area contributed by atoms with Crippen LogP contribution in [0.3, 0.4) is 0 Å². The van der Waals surface area contributed by atoms with Crippen molar-refractivity contribution in [2.45, 2.75) is 12.5 Å². The van der Waals surface area contributed by atoms with Gasteiger partial charge in [0.1, 0.15) is 11.9 Å². The molecule has 5 heteroatoms. The summed E-state index contributed by atoms with van der Waals surface area (Å²) in [5.74, 6) is -0.347. The van der Waals surface area contributed by atoms with Gasteiger partial charge in [0.25, 0.3) is 0 Å². The van der Waals surface area contributed by atoms with Gasteiger partial charge in [-0.1, -0.05) is 91.0 Å². The molecule has 0 aliphatic rings. The quantitative estimate of drug-likeness (QED) is 0.368. The van der Waals surface area contributed by atoms with E-state index in [0.717, 1.165) is 16.7 Å². The SMILES string of the molecule is CCOC(=O)c1ncnn1C(c1ccccc1)(c1ccccc1)c1ccccc1. The summed E-state index contributed by atoms with van der Waals surface area (Å²) in [5, 5.41) is 4.53. The Hall–Kier alpha value is -3.73. The molecule has 5 nitrogen and oxygen atoms in total. The van der Waals surface area contributed by atoms with Crippen LogP contribution in [0.2, 0.25) is 0 Å². The minimum Gasteiger partial charge on any atom is -0.460 e. The molecule has 0 atom stereocenters. The Morgan fingerprint density at radius 1 is 0.828 bits per heavy atom. The second-order valence-corrected chi connectivity index (χ2v) is 6.52. The number of rotatable bonds is 6. The molecule has 144 valence electrons. The maximum absolute atomic E-state index is 12.7. The number of hydrogen-bond donors (Lipinski definition) is 0. The lowest BCUT2D eigenvalue weighted by Gasteiger charge is -2.36. The molecule has 0 saturated carbocycles. The molecule has 3 aromatic carbocycles. The molecule has 0 bridgehead atoms. The van der Waals surface area contributed by atoms with E-state index in [9.17, 15) is 4.79 Å². The van der Waals surface area contributed by atoms with Crippen LogP contribution in [0.1, 0.15) is 34.2 Å². The number of carbonyl (C=O) groups excluding carboxylic acids is 1. The Kier molecular flexibility index (Phi) is 5.20. The predicted molar refractivity (Wildman–Crippen MR) is 111 cm³/mol. The van der Waals surface area contributed by atoms with Crippen LogP contribution in [0.4, 0.5) is 0 Å². The first kappa shape index (κ1) is 18.6. The zero-order valence-electron chi connectivity index (χ0n) is 16.1. The largest absolute Gasteiger partial charge is 0.460 e. The monoisotopic (exact) mass is 383 g/mol. The standard InChI is InChI=1S/C24H21N3O2/c1-2-29-23(28)22-25-18-26-27(22)24(19-12-6-3-7-13-19,20-14-8-4-9-15-20)21-16-10-5-11-17-21/h3-18H,2H2,1H3. The van der Waals surface area contributed by atoms with E-state index in [4.69, 9.17) is 4.74 Å². The third-order valence-corrected chi connectivity index (χ3v) is 4.90. The molecule has 4 aromatic rings. The molecule has 0 radical (unpaired) electrons. The summed E-state index contributed by atoms with van der Waals surface area (Å²) < 4.78 is 6.94. The van der Waals surface area contributed by atoms with Crippen molar-refractivity contribution in [2.75, 3.05) is 6.61 Å². The summed E-state index contributed by atoms with van der Waals surface area (Å²) in [6.07, 6.45) is 1.40. The molecule has 1 aromatic heterocycles. The maximum atomic E-state index is 12.7. The van der Waals surface area contributed by atoms with Crippen molar-refractivity contribution >= 4 is 5.97 Å². The van der Waals surface area contributed by atoms with E-state index in [1.54, 1.807) is 11.6 Å².